The van der Waals surface area contributed by atoms with E-state index >= 15 is 0 Å². The maximum Gasteiger partial charge on any atom is 0.146 e. The molecule has 0 N–H and O–H groups in total. The van der Waals surface area contributed by atoms with Crippen LogP contribution in [0.3, 0.4) is 0 Å². The lowest BCUT2D eigenvalue weighted by Gasteiger charge is -2.38. The van der Waals surface area contributed by atoms with Crippen molar-refractivity contribution in [1.82, 2.24) is 0 Å². The van der Waals surface area contributed by atoms with Gasteiger partial charge < -0.3 is 0 Å². The Hall–Kier alpha value is -2.35. The van der Waals surface area contributed by atoms with E-state index in [0.29, 0.717) is 27.7 Å². The highest BCUT2D eigenvalue weighted by molar-refractivity contribution is 7.20. The van der Waals surface area contributed by atoms with Gasteiger partial charge in [-0.05, 0) is 79.6 Å². The van der Waals surface area contributed by atoms with Gasteiger partial charge in [0.15, 0.2) is 0 Å². The molecule has 0 atom stereocenters. The lowest BCUT2D eigenvalue weighted by atomic mass is 9.98. The molecule has 0 bridgehead atoms. The number of fused-ring (bicyclic) bond motifs is 7. The number of hydrogen-bond acceptors (Lipinski definition) is 2. The van der Waals surface area contributed by atoms with Crippen LogP contribution >= 0.6 is 22.7 Å². The van der Waals surface area contributed by atoms with Crippen LogP contribution in [0.2, 0.25) is 33.7 Å². The van der Waals surface area contributed by atoms with E-state index in [2.05, 4.69) is 148 Å². The second-order valence-electron chi connectivity index (χ2n) is 14.0. The third-order valence-corrected chi connectivity index (χ3v) is 24.7. The topological polar surface area (TPSA) is 0 Å². The molecular weight excluding hydrogens is 589 g/mol. The molecule has 3 aromatic carbocycles. The van der Waals surface area contributed by atoms with Gasteiger partial charge >= 0.3 is 0 Å². The van der Waals surface area contributed by atoms with Gasteiger partial charge in [-0.3, -0.25) is 0 Å². The first kappa shape index (κ1) is 32.1. The summed E-state index contributed by atoms with van der Waals surface area (Å²) in [7, 11) is -3.43. The molecule has 0 aliphatic heterocycles. The molecule has 5 aromatic rings. The van der Waals surface area contributed by atoms with E-state index in [1.807, 2.05) is 22.7 Å². The van der Waals surface area contributed by atoms with E-state index in [1.54, 1.807) is 0 Å². The Bertz CT molecular complexity index is 1900. The second-order valence-corrected chi connectivity index (χ2v) is 27.1. The molecule has 0 amide bonds. The summed E-state index contributed by atoms with van der Waals surface area (Å²) in [6.07, 6.45) is 0. The molecule has 0 aliphatic rings. The molecule has 0 fully saturated rings. The predicted octanol–water partition coefficient (Wildman–Crippen LogP) is 13.2. The van der Waals surface area contributed by atoms with Crippen LogP contribution in [0.15, 0.2) is 48.5 Å². The maximum atomic E-state index is 3.94. The maximum absolute atomic E-state index is 3.94. The molecule has 2 aromatic heterocycles. The van der Waals surface area contributed by atoms with Gasteiger partial charge in [0, 0.05) is 20.2 Å². The molecule has 0 spiro atoms. The minimum absolute atomic E-state index is 0.642. The van der Waals surface area contributed by atoms with Crippen LogP contribution < -0.4 is 0 Å². The highest BCUT2D eigenvalue weighted by Gasteiger charge is 2.41. The lowest BCUT2D eigenvalue weighted by molar-refractivity contribution is 0.838. The Morgan fingerprint density at radius 1 is 0.512 bits per heavy atom. The normalized spacial score (nSPS) is 12.8. The van der Waals surface area contributed by atoms with Gasteiger partial charge in [0.1, 0.15) is 16.1 Å². The standard InChI is InChI=1S/C39H48S2Si2/c1-12-42(25(2)3,26(4)5)21-19-30-23-36-34-13-14-35-33(32(34)15-17-38(36)40-30)16-18-39-37(35)24-31(41-39)20-22-43(27(6)7,28(8)9)29(10)11/h13-18,23-29H,12H2,1-11H3. The van der Waals surface area contributed by atoms with Crippen LogP contribution in [0.25, 0.3) is 41.7 Å². The SMILES string of the molecule is CC[Si](C#Cc1cc2c(ccc3c2ccc2c4cc(C#C[Si](C(C)C)(C(C)C)C(C)C)sc4ccc23)s1)(C(C)C)C(C)C. The van der Waals surface area contributed by atoms with Crippen molar-refractivity contribution in [3.05, 3.63) is 58.3 Å². The zero-order valence-electron chi connectivity index (χ0n) is 28.0. The zero-order chi connectivity index (χ0) is 31.3. The fourth-order valence-electron chi connectivity index (χ4n) is 8.03. The molecule has 0 nitrogen and oxygen atoms in total. The van der Waals surface area contributed by atoms with Crippen molar-refractivity contribution < 1.29 is 0 Å². The highest BCUT2D eigenvalue weighted by atomic mass is 32.1. The van der Waals surface area contributed by atoms with E-state index in [0.717, 1.165) is 0 Å². The number of hydrogen-bond donors (Lipinski definition) is 0. The fourth-order valence-corrected chi connectivity index (χ4v) is 19.4. The second kappa shape index (κ2) is 12.2. The lowest BCUT2D eigenvalue weighted by Crippen LogP contribution is -2.43. The zero-order valence-corrected chi connectivity index (χ0v) is 31.7. The Labute approximate surface area is 270 Å². The Balaban J connectivity index is 1.61. The molecular formula is C39H48S2Si2. The first-order valence-electron chi connectivity index (χ1n) is 16.2. The monoisotopic (exact) mass is 636 g/mol. The van der Waals surface area contributed by atoms with Crippen molar-refractivity contribution in [2.45, 2.75) is 110 Å². The van der Waals surface area contributed by atoms with E-state index in [1.165, 1.54) is 57.5 Å². The summed E-state index contributed by atoms with van der Waals surface area (Å²) in [6, 6.07) is 19.9. The fraction of sp³-hybridized carbons (Fsp3) is 0.436. The van der Waals surface area contributed by atoms with Crippen molar-refractivity contribution in [3.8, 4) is 22.9 Å². The van der Waals surface area contributed by atoms with Gasteiger partial charge in [0.05, 0.1) is 9.75 Å². The number of thiophene rings is 2. The minimum Gasteiger partial charge on any atom is -0.127 e. The largest absolute Gasteiger partial charge is 0.146 e. The predicted molar refractivity (Wildman–Crippen MR) is 203 cm³/mol. The molecule has 43 heavy (non-hydrogen) atoms. The van der Waals surface area contributed by atoms with E-state index in [9.17, 15) is 0 Å². The molecule has 0 unspecified atom stereocenters. The Morgan fingerprint density at radius 2 is 0.884 bits per heavy atom. The van der Waals surface area contributed by atoms with Crippen LogP contribution in [0.5, 0.6) is 0 Å². The molecule has 0 aliphatic carbocycles. The van der Waals surface area contributed by atoms with Gasteiger partial charge in [-0.15, -0.1) is 33.8 Å². The highest BCUT2D eigenvalue weighted by Crippen LogP contribution is 2.42. The molecule has 0 radical (unpaired) electrons. The van der Waals surface area contributed by atoms with Crippen LogP contribution in [0.4, 0.5) is 0 Å². The van der Waals surface area contributed by atoms with Gasteiger partial charge in [-0.1, -0.05) is 112 Å². The van der Waals surface area contributed by atoms with Crippen LogP contribution in [0.1, 0.15) is 85.9 Å². The quantitative estimate of drug-likeness (QED) is 0.0988. The molecule has 224 valence electrons. The summed E-state index contributed by atoms with van der Waals surface area (Å²) >= 11 is 3.70. The van der Waals surface area contributed by atoms with Crippen molar-refractivity contribution in [1.29, 1.82) is 0 Å². The molecule has 0 saturated carbocycles. The van der Waals surface area contributed by atoms with Gasteiger partial charge in [-0.2, -0.15) is 0 Å². The summed E-state index contributed by atoms with van der Waals surface area (Å²) in [6.45, 7) is 26.2. The summed E-state index contributed by atoms with van der Waals surface area (Å²) in [5, 5.41) is 7.99. The van der Waals surface area contributed by atoms with E-state index in [4.69, 9.17) is 0 Å². The first-order valence-corrected chi connectivity index (χ1v) is 22.5. The third kappa shape index (κ3) is 5.44. The summed E-state index contributed by atoms with van der Waals surface area (Å²) in [5.74, 6) is 7.39. The van der Waals surface area contributed by atoms with Crippen LogP contribution in [-0.4, -0.2) is 16.1 Å². The van der Waals surface area contributed by atoms with E-state index in [-0.39, 0.29) is 0 Å². The van der Waals surface area contributed by atoms with Crippen LogP contribution in [-0.2, 0) is 0 Å². The van der Waals surface area contributed by atoms with Crippen molar-refractivity contribution in [2.24, 2.45) is 0 Å². The first-order chi connectivity index (χ1) is 20.3. The van der Waals surface area contributed by atoms with E-state index < -0.39 is 16.1 Å². The van der Waals surface area contributed by atoms with Crippen molar-refractivity contribution in [2.75, 3.05) is 0 Å². The summed E-state index contributed by atoms with van der Waals surface area (Å²) < 4.78 is 2.66. The molecule has 2 heterocycles. The van der Waals surface area contributed by atoms with Crippen molar-refractivity contribution in [3.63, 3.8) is 0 Å². The summed E-state index contributed by atoms with van der Waals surface area (Å²) in [4.78, 5) is 2.40. The Kier molecular flexibility index (Phi) is 9.10. The molecule has 0 saturated heterocycles. The smallest absolute Gasteiger partial charge is 0.127 e. The average Bonchev–Trinajstić information content (AvgIpc) is 3.56. The van der Waals surface area contributed by atoms with Gasteiger partial charge in [0.25, 0.3) is 0 Å². The summed E-state index contributed by atoms with van der Waals surface area (Å²) in [5.41, 5.74) is 11.1. The number of benzene rings is 3. The third-order valence-electron chi connectivity index (χ3n) is 10.5. The molecule has 5 rings (SSSR count). The Morgan fingerprint density at radius 3 is 1.26 bits per heavy atom. The minimum atomic E-state index is -1.76. The van der Waals surface area contributed by atoms with Crippen LogP contribution in [0, 0.1) is 22.9 Å². The van der Waals surface area contributed by atoms with Crippen molar-refractivity contribution >= 4 is 80.5 Å². The molecule has 4 heteroatoms. The van der Waals surface area contributed by atoms with Gasteiger partial charge in [-0.25, -0.2) is 0 Å². The number of rotatable bonds is 6. The average molecular weight is 637 g/mol. The van der Waals surface area contributed by atoms with Gasteiger partial charge in [0.2, 0.25) is 0 Å².